The predicted molar refractivity (Wildman–Crippen MR) is 179 cm³/mol. The van der Waals surface area contributed by atoms with Crippen LogP contribution in [0.15, 0.2) is 156 Å². The molecule has 0 saturated heterocycles. The highest BCUT2D eigenvalue weighted by molar-refractivity contribution is 6.37. The summed E-state index contributed by atoms with van der Waals surface area (Å²) in [4.78, 5) is 14.0. The minimum atomic E-state index is -0.196. The van der Waals surface area contributed by atoms with Crippen molar-refractivity contribution in [1.29, 1.82) is 0 Å². The van der Waals surface area contributed by atoms with Crippen molar-refractivity contribution in [2.24, 2.45) is 5.10 Å². The number of rotatable bonds is 8. The second kappa shape index (κ2) is 12.3. The molecule has 6 aromatic rings. The number of hydrogen-bond acceptors (Lipinski definition) is 4. The molecule has 2 heterocycles. The molecular formula is C39H30N4O2. The lowest BCUT2D eigenvalue weighted by atomic mass is 9.99. The van der Waals surface area contributed by atoms with Gasteiger partial charge < -0.3 is 4.74 Å². The van der Waals surface area contributed by atoms with Crippen LogP contribution in [0.1, 0.15) is 22.3 Å². The summed E-state index contributed by atoms with van der Waals surface area (Å²) in [5.74, 6) is 0.572. The van der Waals surface area contributed by atoms with Crippen LogP contribution >= 0.6 is 0 Å². The van der Waals surface area contributed by atoms with Gasteiger partial charge in [-0.25, -0.2) is 4.68 Å². The van der Waals surface area contributed by atoms with Crippen molar-refractivity contribution in [3.8, 4) is 22.7 Å². The summed E-state index contributed by atoms with van der Waals surface area (Å²) in [7, 11) is 0. The van der Waals surface area contributed by atoms with Crippen molar-refractivity contribution in [3.63, 3.8) is 0 Å². The van der Waals surface area contributed by atoms with Crippen LogP contribution in [0.25, 0.3) is 23.0 Å². The molecule has 1 aliphatic rings. The number of nitrogens with zero attached hydrogens (tertiary/aromatic N) is 4. The Balaban J connectivity index is 1.27. The Morgan fingerprint density at radius 2 is 1.31 bits per heavy atom. The number of hydrogen-bond donors (Lipinski definition) is 0. The molecule has 5 aromatic carbocycles. The van der Waals surface area contributed by atoms with Crippen molar-refractivity contribution in [1.82, 2.24) is 9.78 Å². The molecule has 0 aliphatic carbocycles. The quantitative estimate of drug-likeness (QED) is 0.169. The van der Waals surface area contributed by atoms with E-state index in [-0.39, 0.29) is 5.91 Å². The lowest BCUT2D eigenvalue weighted by Gasteiger charge is -2.11. The number of carbonyl (C=O) groups excluding carboxylic acids is 1. The van der Waals surface area contributed by atoms with Crippen LogP contribution in [-0.4, -0.2) is 21.4 Å². The molecule has 0 fully saturated rings. The molecule has 218 valence electrons. The minimum absolute atomic E-state index is 0.196. The number of ether oxygens (including phenoxy) is 1. The molecule has 0 unspecified atom stereocenters. The number of carbonyl (C=O) groups is 1. The SMILES string of the molecule is Cc1ccc(COc2ccc(-c3nn(-c4ccccc4)cc3/C=C3\C(=O)N(c4ccccc4)N=C3c3ccccc3)cc2)cc1. The number of hydrazone groups is 1. The van der Waals surface area contributed by atoms with Crippen LogP contribution in [0.3, 0.4) is 0 Å². The topological polar surface area (TPSA) is 59.7 Å². The normalized spacial score (nSPS) is 13.7. The molecule has 1 amide bonds. The van der Waals surface area contributed by atoms with E-state index in [2.05, 4.69) is 31.2 Å². The first-order valence-corrected chi connectivity index (χ1v) is 14.8. The molecule has 0 radical (unpaired) electrons. The Kier molecular flexibility index (Phi) is 7.60. The molecule has 6 heteroatoms. The van der Waals surface area contributed by atoms with Gasteiger partial charge in [-0.1, -0.05) is 96.6 Å². The average Bonchev–Trinajstić information content (AvgIpc) is 3.67. The molecule has 0 N–H and O–H groups in total. The van der Waals surface area contributed by atoms with E-state index in [1.807, 2.05) is 132 Å². The Morgan fingerprint density at radius 3 is 1.98 bits per heavy atom. The van der Waals surface area contributed by atoms with Gasteiger partial charge in [0.05, 0.1) is 22.6 Å². The van der Waals surface area contributed by atoms with Gasteiger partial charge in [0.25, 0.3) is 5.91 Å². The van der Waals surface area contributed by atoms with Gasteiger partial charge in [0, 0.05) is 22.9 Å². The summed E-state index contributed by atoms with van der Waals surface area (Å²) in [5.41, 5.74) is 8.39. The van der Waals surface area contributed by atoms with Gasteiger partial charge in [0.1, 0.15) is 18.1 Å². The van der Waals surface area contributed by atoms with Gasteiger partial charge in [-0.3, -0.25) is 4.79 Å². The van der Waals surface area contributed by atoms with Gasteiger partial charge in [-0.15, -0.1) is 0 Å². The highest BCUT2D eigenvalue weighted by atomic mass is 16.5. The third-order valence-electron chi connectivity index (χ3n) is 7.64. The summed E-state index contributed by atoms with van der Waals surface area (Å²) in [5, 5.41) is 11.3. The van der Waals surface area contributed by atoms with Crippen molar-refractivity contribution in [2.75, 3.05) is 5.01 Å². The Hall–Kier alpha value is -6.01. The summed E-state index contributed by atoms with van der Waals surface area (Å²) in [6.45, 7) is 2.56. The third-order valence-corrected chi connectivity index (χ3v) is 7.64. The maximum absolute atomic E-state index is 14.0. The van der Waals surface area contributed by atoms with Gasteiger partial charge in [0.15, 0.2) is 0 Å². The van der Waals surface area contributed by atoms with Crippen molar-refractivity contribution < 1.29 is 9.53 Å². The van der Waals surface area contributed by atoms with Gasteiger partial charge in [-0.2, -0.15) is 15.2 Å². The fourth-order valence-corrected chi connectivity index (χ4v) is 5.24. The first kappa shape index (κ1) is 27.8. The highest BCUT2D eigenvalue weighted by Gasteiger charge is 2.32. The molecule has 1 aromatic heterocycles. The monoisotopic (exact) mass is 586 g/mol. The Bertz CT molecular complexity index is 2000. The summed E-state index contributed by atoms with van der Waals surface area (Å²) >= 11 is 0. The van der Waals surface area contributed by atoms with E-state index >= 15 is 0 Å². The van der Waals surface area contributed by atoms with Crippen LogP contribution in [0.5, 0.6) is 5.75 Å². The van der Waals surface area contributed by atoms with Crippen molar-refractivity contribution in [2.45, 2.75) is 13.5 Å². The van der Waals surface area contributed by atoms with Crippen LogP contribution in [0.4, 0.5) is 5.69 Å². The number of anilines is 1. The second-order valence-corrected chi connectivity index (χ2v) is 10.8. The van der Waals surface area contributed by atoms with Gasteiger partial charge in [0.2, 0.25) is 0 Å². The Labute approximate surface area is 262 Å². The lowest BCUT2D eigenvalue weighted by molar-refractivity contribution is -0.114. The van der Waals surface area contributed by atoms with Crippen molar-refractivity contribution >= 4 is 23.4 Å². The molecule has 0 bridgehead atoms. The molecule has 1 aliphatic heterocycles. The van der Waals surface area contributed by atoms with Gasteiger partial charge in [-0.05, 0) is 67.1 Å². The molecule has 7 rings (SSSR count). The molecule has 0 atom stereocenters. The van der Waals surface area contributed by atoms with E-state index in [9.17, 15) is 4.79 Å². The number of benzene rings is 5. The Morgan fingerprint density at radius 1 is 0.689 bits per heavy atom. The average molecular weight is 587 g/mol. The van der Waals surface area contributed by atoms with E-state index in [1.54, 1.807) is 0 Å². The largest absolute Gasteiger partial charge is 0.489 e. The maximum Gasteiger partial charge on any atom is 0.281 e. The third kappa shape index (κ3) is 5.94. The fourth-order valence-electron chi connectivity index (χ4n) is 5.24. The highest BCUT2D eigenvalue weighted by Crippen LogP contribution is 2.32. The molecule has 6 nitrogen and oxygen atoms in total. The van der Waals surface area contributed by atoms with E-state index in [0.29, 0.717) is 23.6 Å². The lowest BCUT2D eigenvalue weighted by Crippen LogP contribution is -2.21. The summed E-state index contributed by atoms with van der Waals surface area (Å²) < 4.78 is 7.91. The summed E-state index contributed by atoms with van der Waals surface area (Å²) in [6.07, 6.45) is 3.86. The number of aromatic nitrogens is 2. The fraction of sp³-hybridized carbons (Fsp3) is 0.0513. The summed E-state index contributed by atoms with van der Waals surface area (Å²) in [6, 6.07) is 45.5. The molecular weight excluding hydrogens is 556 g/mol. The van der Waals surface area contributed by atoms with Crippen LogP contribution in [0.2, 0.25) is 0 Å². The van der Waals surface area contributed by atoms with E-state index in [0.717, 1.165) is 39.4 Å². The van der Waals surface area contributed by atoms with Crippen LogP contribution in [0, 0.1) is 6.92 Å². The zero-order valence-electron chi connectivity index (χ0n) is 24.7. The smallest absolute Gasteiger partial charge is 0.281 e. The van der Waals surface area contributed by atoms with Crippen LogP contribution in [-0.2, 0) is 11.4 Å². The molecule has 45 heavy (non-hydrogen) atoms. The van der Waals surface area contributed by atoms with Gasteiger partial charge >= 0.3 is 0 Å². The first-order chi connectivity index (χ1) is 22.1. The predicted octanol–water partition coefficient (Wildman–Crippen LogP) is 8.26. The van der Waals surface area contributed by atoms with E-state index < -0.39 is 0 Å². The minimum Gasteiger partial charge on any atom is -0.489 e. The van der Waals surface area contributed by atoms with E-state index in [4.69, 9.17) is 14.9 Å². The number of para-hydroxylation sites is 2. The maximum atomic E-state index is 14.0. The molecule has 0 saturated carbocycles. The number of aryl methyl sites for hydroxylation is 1. The zero-order valence-corrected chi connectivity index (χ0v) is 24.7. The van der Waals surface area contributed by atoms with Crippen LogP contribution < -0.4 is 9.75 Å². The van der Waals surface area contributed by atoms with Crippen molar-refractivity contribution in [3.05, 3.63) is 174 Å². The standard InChI is InChI=1S/C39H30N4O2/c1-28-17-19-29(20-18-28)27-45-35-23-21-31(22-24-35)37-32(26-42(40-37)33-13-7-3-8-14-33)25-36-38(30-11-5-2-6-12-30)41-43(39(36)44)34-15-9-4-10-16-34/h2-26H,27H2,1H3/b36-25-. The molecule has 0 spiro atoms. The number of amides is 1. The first-order valence-electron chi connectivity index (χ1n) is 14.8. The second-order valence-electron chi connectivity index (χ2n) is 10.8. The zero-order chi connectivity index (χ0) is 30.6. The van der Waals surface area contributed by atoms with E-state index in [1.165, 1.54) is 10.6 Å².